The quantitative estimate of drug-likeness (QED) is 0.681. The number of hydrogen-bond donors (Lipinski definition) is 2. The molecule has 0 bridgehead atoms. The van der Waals surface area contributed by atoms with Crippen LogP contribution in [0.2, 0.25) is 0 Å². The smallest absolute Gasteiger partial charge is 0.320 e. The topological polar surface area (TPSA) is 111 Å². The van der Waals surface area contributed by atoms with Crippen molar-refractivity contribution in [3.05, 3.63) is 54.1 Å². The summed E-state index contributed by atoms with van der Waals surface area (Å²) in [6.07, 6.45) is 0.261. The van der Waals surface area contributed by atoms with Gasteiger partial charge < -0.3 is 20.1 Å². The number of nitrogens with two attached hydrogens (primary N) is 1. The van der Waals surface area contributed by atoms with Gasteiger partial charge in [0.05, 0.1) is 7.11 Å². The molecule has 0 spiro atoms. The van der Waals surface area contributed by atoms with Gasteiger partial charge in [0.2, 0.25) is 5.82 Å². The third-order valence-electron chi connectivity index (χ3n) is 3.73. The lowest BCUT2D eigenvalue weighted by Gasteiger charge is -2.06. The minimum absolute atomic E-state index is 0. The number of hydrogen-bond acceptors (Lipinski definition) is 6. The second kappa shape index (κ2) is 8.46. The zero-order valence-electron chi connectivity index (χ0n) is 14.0. The van der Waals surface area contributed by atoms with E-state index in [0.717, 1.165) is 16.7 Å². The molecule has 0 aliphatic rings. The Morgan fingerprint density at radius 1 is 1.23 bits per heavy atom. The Morgan fingerprint density at radius 3 is 2.62 bits per heavy atom. The molecule has 3 N–H and O–H groups in total. The minimum atomic E-state index is -1.02. The van der Waals surface area contributed by atoms with Gasteiger partial charge >= 0.3 is 5.97 Å². The second-order valence-corrected chi connectivity index (χ2v) is 5.50. The number of methoxy groups -OCH3 is 1. The van der Waals surface area contributed by atoms with E-state index in [2.05, 4.69) is 10.1 Å². The van der Waals surface area contributed by atoms with Gasteiger partial charge in [-0.1, -0.05) is 35.5 Å². The Kier molecular flexibility index (Phi) is 6.32. The summed E-state index contributed by atoms with van der Waals surface area (Å²) in [4.78, 5) is 15.2. The number of benzene rings is 2. The Hall–Kier alpha value is -2.90. The number of nitrogens with zero attached hydrogens (tertiary/aromatic N) is 2. The highest BCUT2D eigenvalue weighted by molar-refractivity contribution is 5.85. The van der Waals surface area contributed by atoms with Crippen molar-refractivity contribution in [3.63, 3.8) is 0 Å². The molecular formula is C18H18ClN3O4. The van der Waals surface area contributed by atoms with Crippen molar-refractivity contribution in [2.24, 2.45) is 5.73 Å². The molecular weight excluding hydrogens is 358 g/mol. The molecule has 0 saturated carbocycles. The van der Waals surface area contributed by atoms with Crippen LogP contribution in [0.5, 0.6) is 5.75 Å². The highest BCUT2D eigenvalue weighted by Gasteiger charge is 2.14. The lowest BCUT2D eigenvalue weighted by atomic mass is 10.0. The predicted molar refractivity (Wildman–Crippen MR) is 98.3 cm³/mol. The fourth-order valence-electron chi connectivity index (χ4n) is 2.35. The van der Waals surface area contributed by atoms with Gasteiger partial charge in [-0.15, -0.1) is 12.4 Å². The number of carboxylic acids is 1. The average Bonchev–Trinajstić information content (AvgIpc) is 3.12. The number of carboxylic acid groups (broad SMARTS) is 1. The summed E-state index contributed by atoms with van der Waals surface area (Å²) >= 11 is 0. The summed E-state index contributed by atoms with van der Waals surface area (Å²) in [5, 5.41) is 12.8. The molecule has 8 heteroatoms. The first-order valence-electron chi connectivity index (χ1n) is 7.62. The van der Waals surface area contributed by atoms with Crippen LogP contribution in [0.15, 0.2) is 53.1 Å². The monoisotopic (exact) mass is 375 g/mol. The second-order valence-electron chi connectivity index (χ2n) is 5.50. The van der Waals surface area contributed by atoms with Gasteiger partial charge in [0.15, 0.2) is 0 Å². The fraction of sp³-hybridized carbons (Fsp3) is 0.167. The molecule has 1 atom stereocenters. The molecule has 0 unspecified atom stereocenters. The molecule has 3 aromatic rings. The summed E-state index contributed by atoms with van der Waals surface area (Å²) in [6, 6.07) is 13.7. The first-order valence-corrected chi connectivity index (χ1v) is 7.62. The predicted octanol–water partition coefficient (Wildman–Crippen LogP) is 2.79. The molecule has 1 aromatic heterocycles. The molecule has 1 heterocycles. The minimum Gasteiger partial charge on any atom is -0.497 e. The van der Waals surface area contributed by atoms with Gasteiger partial charge in [-0.05, 0) is 30.2 Å². The van der Waals surface area contributed by atoms with Crippen LogP contribution >= 0.6 is 12.4 Å². The molecule has 0 aliphatic heterocycles. The highest BCUT2D eigenvalue weighted by Crippen LogP contribution is 2.25. The highest BCUT2D eigenvalue weighted by atomic mass is 35.5. The van der Waals surface area contributed by atoms with Crippen molar-refractivity contribution >= 4 is 18.4 Å². The van der Waals surface area contributed by atoms with E-state index in [1.165, 1.54) is 0 Å². The van der Waals surface area contributed by atoms with Gasteiger partial charge in [0.1, 0.15) is 11.8 Å². The number of carbonyl (C=O) groups is 1. The molecule has 0 amide bonds. The molecule has 0 aliphatic carbocycles. The molecule has 0 saturated heterocycles. The van der Waals surface area contributed by atoms with Gasteiger partial charge in [0.25, 0.3) is 5.89 Å². The van der Waals surface area contributed by atoms with Crippen molar-refractivity contribution in [3.8, 4) is 28.6 Å². The van der Waals surface area contributed by atoms with E-state index in [4.69, 9.17) is 20.1 Å². The number of rotatable bonds is 6. The van der Waals surface area contributed by atoms with Crippen LogP contribution in [-0.4, -0.2) is 34.4 Å². The summed E-state index contributed by atoms with van der Waals surface area (Å²) in [5.74, 6) is 0.527. The maximum absolute atomic E-state index is 10.8. The molecule has 26 heavy (non-hydrogen) atoms. The van der Waals surface area contributed by atoms with Crippen LogP contribution in [0.4, 0.5) is 0 Å². The first kappa shape index (κ1) is 19.4. The van der Waals surface area contributed by atoms with Crippen LogP contribution in [0, 0.1) is 0 Å². The summed E-state index contributed by atoms with van der Waals surface area (Å²) in [5.41, 5.74) is 7.90. The van der Waals surface area contributed by atoms with Crippen LogP contribution in [0.1, 0.15) is 5.56 Å². The third kappa shape index (κ3) is 4.38. The van der Waals surface area contributed by atoms with Crippen molar-refractivity contribution in [2.75, 3.05) is 7.11 Å². The molecule has 2 aromatic carbocycles. The maximum atomic E-state index is 10.8. The maximum Gasteiger partial charge on any atom is 0.320 e. The zero-order valence-corrected chi connectivity index (χ0v) is 14.8. The van der Waals surface area contributed by atoms with E-state index in [9.17, 15) is 4.79 Å². The molecule has 3 rings (SSSR count). The molecule has 136 valence electrons. The van der Waals surface area contributed by atoms with Crippen LogP contribution in [-0.2, 0) is 11.2 Å². The lowest BCUT2D eigenvalue weighted by Crippen LogP contribution is -2.32. The van der Waals surface area contributed by atoms with E-state index in [1.807, 2.05) is 36.4 Å². The number of aromatic nitrogens is 2. The van der Waals surface area contributed by atoms with Gasteiger partial charge in [0, 0.05) is 11.1 Å². The van der Waals surface area contributed by atoms with Crippen molar-refractivity contribution in [1.82, 2.24) is 10.1 Å². The van der Waals surface area contributed by atoms with Gasteiger partial charge in [-0.25, -0.2) is 0 Å². The Balaban J connectivity index is 0.00000243. The average molecular weight is 376 g/mol. The lowest BCUT2D eigenvalue weighted by molar-refractivity contribution is -0.138. The van der Waals surface area contributed by atoms with Gasteiger partial charge in [-0.2, -0.15) is 4.98 Å². The normalized spacial score (nSPS) is 11.5. The van der Waals surface area contributed by atoms with Gasteiger partial charge in [-0.3, -0.25) is 4.79 Å². The van der Waals surface area contributed by atoms with Crippen molar-refractivity contribution in [2.45, 2.75) is 12.5 Å². The van der Waals surface area contributed by atoms with E-state index in [0.29, 0.717) is 17.5 Å². The Labute approximate surface area is 156 Å². The fourth-order valence-corrected chi connectivity index (χ4v) is 2.35. The van der Waals surface area contributed by atoms with E-state index < -0.39 is 12.0 Å². The van der Waals surface area contributed by atoms with Crippen molar-refractivity contribution < 1.29 is 19.2 Å². The zero-order chi connectivity index (χ0) is 17.8. The van der Waals surface area contributed by atoms with E-state index in [-0.39, 0.29) is 18.8 Å². The number of halogens is 1. The molecule has 0 radical (unpaired) electrons. The molecule has 0 fully saturated rings. The first-order chi connectivity index (χ1) is 12.1. The standard InChI is InChI=1S/C18H17N3O4.ClH/c1-24-14-4-2-3-13(10-14)17-20-16(21-25-17)12-7-5-11(6-8-12)9-15(19)18(22)23;/h2-8,10,15H,9,19H2,1H3,(H,22,23);1H/t15-;/m0./s1. The summed E-state index contributed by atoms with van der Waals surface area (Å²) in [7, 11) is 1.59. The van der Waals surface area contributed by atoms with E-state index in [1.54, 1.807) is 19.2 Å². The van der Waals surface area contributed by atoms with Crippen molar-refractivity contribution in [1.29, 1.82) is 0 Å². The summed E-state index contributed by atoms with van der Waals surface area (Å²) in [6.45, 7) is 0. The summed E-state index contributed by atoms with van der Waals surface area (Å²) < 4.78 is 10.5. The van der Waals surface area contributed by atoms with Crippen LogP contribution < -0.4 is 10.5 Å². The Morgan fingerprint density at radius 2 is 1.96 bits per heavy atom. The largest absolute Gasteiger partial charge is 0.497 e. The van der Waals surface area contributed by atoms with Crippen LogP contribution in [0.3, 0.4) is 0 Å². The van der Waals surface area contributed by atoms with E-state index >= 15 is 0 Å². The Bertz CT molecular complexity index is 880. The third-order valence-corrected chi connectivity index (χ3v) is 3.73. The number of ether oxygens (including phenoxy) is 1. The van der Waals surface area contributed by atoms with Crippen LogP contribution in [0.25, 0.3) is 22.8 Å². The molecule has 7 nitrogen and oxygen atoms in total. The SMILES string of the molecule is COc1cccc(-c2nc(-c3ccc(C[C@H](N)C(=O)O)cc3)no2)c1.Cl. The number of aliphatic carboxylic acids is 1.